The van der Waals surface area contributed by atoms with Gasteiger partial charge in [-0.1, -0.05) is 19.1 Å². The lowest BCUT2D eigenvalue weighted by Crippen LogP contribution is -2.20. The molecule has 6 N–H and O–H groups in total. The number of nitrogens with one attached hydrogen (secondary N) is 2. The molecule has 0 aliphatic rings. The van der Waals surface area contributed by atoms with Crippen LogP contribution in [0.2, 0.25) is 0 Å². The minimum Gasteiger partial charge on any atom is -0.491 e. The summed E-state index contributed by atoms with van der Waals surface area (Å²) in [6, 6.07) is 12.4. The number of ether oxygens (including phenoxy) is 1. The fourth-order valence-electron chi connectivity index (χ4n) is 6.15. The second kappa shape index (κ2) is 17.4. The average Bonchev–Trinajstić information content (AvgIpc) is 3.91. The molecule has 6 rings (SSSR count). The first-order valence-corrected chi connectivity index (χ1v) is 17.9. The normalized spacial score (nSPS) is 11.2. The molecule has 0 saturated carbocycles. The number of aryl methyl sites for hydroxylation is 5. The van der Waals surface area contributed by atoms with Crippen molar-refractivity contribution in [2.75, 3.05) is 17.2 Å². The highest BCUT2D eigenvalue weighted by molar-refractivity contribution is 6.04. The third kappa shape index (κ3) is 8.72. The van der Waals surface area contributed by atoms with Crippen LogP contribution in [-0.2, 0) is 31.0 Å². The van der Waals surface area contributed by atoms with E-state index in [2.05, 4.69) is 31.5 Å². The lowest BCUT2D eigenvalue weighted by molar-refractivity contribution is -0.106. The van der Waals surface area contributed by atoms with E-state index < -0.39 is 5.91 Å². The zero-order valence-electron chi connectivity index (χ0n) is 31.8. The number of amides is 4. The van der Waals surface area contributed by atoms with Crippen molar-refractivity contribution in [2.45, 2.75) is 74.1 Å². The molecule has 0 radical (unpaired) electrons. The molecule has 55 heavy (non-hydrogen) atoms. The monoisotopic (exact) mass is 750 g/mol. The number of allylic oxidation sites excluding steroid dienone is 2. The number of nitrogens with two attached hydrogens (primary N) is 2. The van der Waals surface area contributed by atoms with Crippen molar-refractivity contribution in [3.8, 4) is 5.75 Å². The minimum absolute atomic E-state index is 0.250. The number of carbonyl (C=O) groups is 4. The van der Waals surface area contributed by atoms with Crippen molar-refractivity contribution < 1.29 is 23.9 Å². The fourth-order valence-corrected chi connectivity index (χ4v) is 6.15. The van der Waals surface area contributed by atoms with Crippen LogP contribution in [0.3, 0.4) is 0 Å². The van der Waals surface area contributed by atoms with E-state index in [1.54, 1.807) is 39.7 Å². The highest BCUT2D eigenvalue weighted by Gasteiger charge is 2.21. The number of fused-ring (bicyclic) bond motifs is 2. The summed E-state index contributed by atoms with van der Waals surface area (Å²) in [4.78, 5) is 57.0. The van der Waals surface area contributed by atoms with Gasteiger partial charge in [0.15, 0.2) is 0 Å². The predicted molar refractivity (Wildman–Crippen MR) is 209 cm³/mol. The van der Waals surface area contributed by atoms with Gasteiger partial charge in [0.05, 0.1) is 34.5 Å². The Bertz CT molecular complexity index is 2400. The highest BCUT2D eigenvalue weighted by atomic mass is 16.5. The van der Waals surface area contributed by atoms with Gasteiger partial charge in [-0.05, 0) is 89.1 Å². The Morgan fingerprint density at radius 3 is 1.87 bits per heavy atom. The smallest absolute Gasteiger partial charge is 0.276 e. The SMILES string of the molecule is CCCOc1cc(C)cc2nc(NC(=O)c3cc(C)nn3CC)n(C/C=C/Cn3c(NC(=O)c4cc(C)nn4CC)nc4cc(C(N)=O)ccc43)c12.NC=O. The van der Waals surface area contributed by atoms with Gasteiger partial charge >= 0.3 is 0 Å². The van der Waals surface area contributed by atoms with E-state index in [1.165, 1.54) is 0 Å². The van der Waals surface area contributed by atoms with Gasteiger partial charge in [-0.15, -0.1) is 0 Å². The molecule has 4 amide bonds. The van der Waals surface area contributed by atoms with Crippen LogP contribution in [0.15, 0.2) is 54.6 Å². The standard InChI is InChI=1S/C37H43N11O4.CH3NO/c1-7-16-52-31-18-22(4)17-27-32(31)46(37(40-27)42-35(51)30-20-24(6)44-48(30)9-3)15-11-10-14-45-28-13-12-25(33(38)49)21-26(28)39-36(45)41-34(50)29-19-23(5)43-47(29)8-2;2-1-3/h10-13,17-21H,7-9,14-16H2,1-6H3,(H2,38,49)(H,39,41,50)(H,40,42,51);1H,(H2,2,3)/b11-10+;. The number of primary amides is 2. The van der Waals surface area contributed by atoms with Crippen LogP contribution < -0.4 is 26.8 Å². The Labute approximate surface area is 317 Å². The van der Waals surface area contributed by atoms with Gasteiger partial charge in [-0.25, -0.2) is 9.97 Å². The van der Waals surface area contributed by atoms with E-state index in [-0.39, 0.29) is 18.2 Å². The number of hydrogen-bond donors (Lipinski definition) is 4. The molecule has 0 aliphatic carbocycles. The zero-order valence-corrected chi connectivity index (χ0v) is 31.8. The number of hydrogen-bond acceptors (Lipinski definition) is 9. The van der Waals surface area contributed by atoms with Crippen molar-refractivity contribution in [3.63, 3.8) is 0 Å². The van der Waals surface area contributed by atoms with Crippen molar-refractivity contribution in [1.82, 2.24) is 38.7 Å². The molecule has 0 aliphatic heterocycles. The van der Waals surface area contributed by atoms with E-state index in [0.29, 0.717) is 83.9 Å². The summed E-state index contributed by atoms with van der Waals surface area (Å²) in [6.07, 6.45) is 4.96. The summed E-state index contributed by atoms with van der Waals surface area (Å²) < 4.78 is 13.2. The number of nitrogens with zero attached hydrogens (tertiary/aromatic N) is 8. The number of carbonyl (C=O) groups excluding carboxylic acids is 4. The number of aromatic nitrogens is 8. The van der Waals surface area contributed by atoms with Crippen LogP contribution in [0, 0.1) is 20.8 Å². The maximum atomic E-state index is 13.6. The lowest BCUT2D eigenvalue weighted by atomic mass is 10.2. The van der Waals surface area contributed by atoms with Crippen LogP contribution in [0.1, 0.15) is 75.5 Å². The molecule has 17 heteroatoms. The maximum absolute atomic E-state index is 13.6. The molecule has 0 bridgehead atoms. The Balaban J connectivity index is 0.00000187. The molecular formula is C38H46N12O5. The van der Waals surface area contributed by atoms with Gasteiger partial charge < -0.3 is 25.3 Å². The van der Waals surface area contributed by atoms with Gasteiger partial charge in [0.1, 0.15) is 22.7 Å². The fraction of sp³-hybridized carbons (Fsp3) is 0.316. The van der Waals surface area contributed by atoms with Crippen LogP contribution in [0.4, 0.5) is 11.9 Å². The second-order valence-electron chi connectivity index (χ2n) is 12.6. The molecule has 0 spiro atoms. The number of rotatable bonds is 14. The molecule has 288 valence electrons. The predicted octanol–water partition coefficient (Wildman–Crippen LogP) is 4.49. The third-order valence-electron chi connectivity index (χ3n) is 8.51. The Morgan fingerprint density at radius 2 is 1.33 bits per heavy atom. The van der Waals surface area contributed by atoms with E-state index in [1.807, 2.05) is 75.0 Å². The summed E-state index contributed by atoms with van der Waals surface area (Å²) in [5.41, 5.74) is 15.9. The summed E-state index contributed by atoms with van der Waals surface area (Å²) >= 11 is 0. The first-order valence-electron chi connectivity index (χ1n) is 17.9. The van der Waals surface area contributed by atoms with Crippen LogP contribution in [0.25, 0.3) is 22.1 Å². The molecule has 0 saturated heterocycles. The van der Waals surface area contributed by atoms with E-state index in [9.17, 15) is 14.4 Å². The van der Waals surface area contributed by atoms with Gasteiger partial charge in [-0.2, -0.15) is 10.2 Å². The maximum Gasteiger partial charge on any atom is 0.276 e. The summed E-state index contributed by atoms with van der Waals surface area (Å²) in [7, 11) is 0. The number of benzene rings is 2. The molecule has 4 aromatic heterocycles. The molecule has 0 fully saturated rings. The van der Waals surface area contributed by atoms with Crippen molar-refractivity contribution >= 4 is 58.1 Å². The highest BCUT2D eigenvalue weighted by Crippen LogP contribution is 2.31. The largest absolute Gasteiger partial charge is 0.491 e. The Kier molecular flexibility index (Phi) is 12.4. The van der Waals surface area contributed by atoms with E-state index in [4.69, 9.17) is 20.2 Å². The molecule has 6 aromatic rings. The quantitative estimate of drug-likeness (QED) is 0.0907. The van der Waals surface area contributed by atoms with Crippen LogP contribution >= 0.6 is 0 Å². The summed E-state index contributed by atoms with van der Waals surface area (Å²) in [6.45, 7) is 13.8. The third-order valence-corrected chi connectivity index (χ3v) is 8.51. The molecule has 4 heterocycles. The topological polar surface area (TPSA) is 225 Å². The van der Waals surface area contributed by atoms with Crippen molar-refractivity contribution in [3.05, 3.63) is 88.5 Å². The second-order valence-corrected chi connectivity index (χ2v) is 12.6. The summed E-state index contributed by atoms with van der Waals surface area (Å²) in [5, 5.41) is 14.8. The Morgan fingerprint density at radius 1 is 0.782 bits per heavy atom. The average molecular weight is 751 g/mol. The van der Waals surface area contributed by atoms with Crippen LogP contribution in [-0.4, -0.2) is 69.4 Å². The first-order chi connectivity index (χ1) is 26.4. The van der Waals surface area contributed by atoms with Crippen molar-refractivity contribution in [2.24, 2.45) is 11.5 Å². The molecular weight excluding hydrogens is 704 g/mol. The zero-order chi connectivity index (χ0) is 39.8. The van der Waals surface area contributed by atoms with E-state index in [0.717, 1.165) is 28.9 Å². The molecule has 2 aromatic carbocycles. The number of imidazole rings is 2. The van der Waals surface area contributed by atoms with E-state index >= 15 is 0 Å². The first kappa shape index (κ1) is 39.4. The lowest BCUT2D eigenvalue weighted by Gasteiger charge is -2.12. The number of anilines is 2. The molecule has 0 unspecified atom stereocenters. The van der Waals surface area contributed by atoms with Gasteiger partial charge in [0, 0.05) is 31.7 Å². The molecule has 0 atom stereocenters. The van der Waals surface area contributed by atoms with Gasteiger partial charge in [0.2, 0.25) is 24.2 Å². The van der Waals surface area contributed by atoms with Crippen LogP contribution in [0.5, 0.6) is 5.75 Å². The van der Waals surface area contributed by atoms with Crippen molar-refractivity contribution in [1.29, 1.82) is 0 Å². The van der Waals surface area contributed by atoms with Gasteiger partial charge in [0.25, 0.3) is 11.8 Å². The molecule has 17 nitrogen and oxygen atoms in total. The Hall–Kier alpha value is -6.78. The summed E-state index contributed by atoms with van der Waals surface area (Å²) in [5.74, 6) is 0.0636. The van der Waals surface area contributed by atoms with Gasteiger partial charge in [-0.3, -0.25) is 39.2 Å². The minimum atomic E-state index is -0.577.